The van der Waals surface area contributed by atoms with Crippen molar-refractivity contribution in [2.24, 2.45) is 5.73 Å². The topological polar surface area (TPSA) is 117 Å². The minimum atomic E-state index is -0.765. The number of hydrogen-bond donors (Lipinski definition) is 3. The molecule has 0 aliphatic carbocycles. The largest absolute Gasteiger partial charge is 0.352 e. The highest BCUT2D eigenvalue weighted by Gasteiger charge is 2.23. The Morgan fingerprint density at radius 2 is 2.09 bits per heavy atom. The predicted octanol–water partition coefficient (Wildman–Crippen LogP) is 0.624. The van der Waals surface area contributed by atoms with Gasteiger partial charge in [0.25, 0.3) is 0 Å². The maximum Gasteiger partial charge on any atom is 0.312 e. The van der Waals surface area contributed by atoms with Gasteiger partial charge in [0, 0.05) is 13.2 Å². The second kappa shape index (κ2) is 8.72. The Morgan fingerprint density at radius 3 is 2.65 bits per heavy atom. The van der Waals surface area contributed by atoms with E-state index in [4.69, 9.17) is 5.73 Å². The molecule has 1 heterocycles. The van der Waals surface area contributed by atoms with Crippen molar-refractivity contribution in [2.45, 2.75) is 32.7 Å². The molecule has 0 spiro atoms. The zero-order valence-corrected chi connectivity index (χ0v) is 13.6. The van der Waals surface area contributed by atoms with E-state index in [9.17, 15) is 14.4 Å². The van der Waals surface area contributed by atoms with Gasteiger partial charge in [-0.1, -0.05) is 13.3 Å². The van der Waals surface area contributed by atoms with E-state index in [0.717, 1.165) is 5.56 Å². The summed E-state index contributed by atoms with van der Waals surface area (Å²) in [7, 11) is 1.50. The van der Waals surface area contributed by atoms with Gasteiger partial charge in [-0.05, 0) is 31.0 Å². The van der Waals surface area contributed by atoms with Crippen molar-refractivity contribution in [3.8, 4) is 0 Å². The van der Waals surface area contributed by atoms with Crippen molar-refractivity contribution in [2.75, 3.05) is 18.9 Å². The fourth-order valence-electron chi connectivity index (χ4n) is 2.06. The van der Waals surface area contributed by atoms with Crippen LogP contribution in [-0.4, -0.2) is 47.4 Å². The molecule has 0 bridgehead atoms. The highest BCUT2D eigenvalue weighted by Crippen LogP contribution is 2.06. The Morgan fingerprint density at radius 1 is 1.39 bits per heavy atom. The van der Waals surface area contributed by atoms with E-state index in [1.54, 1.807) is 12.3 Å². The van der Waals surface area contributed by atoms with Crippen molar-refractivity contribution in [1.82, 2.24) is 15.2 Å². The standard InChI is InChI=1S/C15H23N5O3/c1-4-5-11(18-15(16)23)14(22)20(3)9-13(21)19-12-8-10(2)6-7-17-12/h6-8,11H,4-5,9H2,1-3H3,(H3,16,18,23)(H,17,19,21)/t11-/m1/s1. The van der Waals surface area contributed by atoms with Crippen LogP contribution in [0.5, 0.6) is 0 Å². The van der Waals surface area contributed by atoms with Gasteiger partial charge < -0.3 is 21.3 Å². The van der Waals surface area contributed by atoms with Crippen LogP contribution < -0.4 is 16.4 Å². The predicted molar refractivity (Wildman–Crippen MR) is 86.7 cm³/mol. The molecule has 0 unspecified atom stereocenters. The van der Waals surface area contributed by atoms with Gasteiger partial charge in [0.05, 0.1) is 6.54 Å². The molecule has 4 amide bonds. The van der Waals surface area contributed by atoms with Gasteiger partial charge in [-0.2, -0.15) is 0 Å². The highest BCUT2D eigenvalue weighted by atomic mass is 16.2. The molecule has 0 saturated carbocycles. The first-order chi connectivity index (χ1) is 10.8. The van der Waals surface area contributed by atoms with E-state index in [-0.39, 0.29) is 18.4 Å². The maximum absolute atomic E-state index is 12.3. The SMILES string of the molecule is CCC[C@@H](NC(N)=O)C(=O)N(C)CC(=O)Nc1cc(C)ccn1. The molecule has 0 aliphatic rings. The smallest absolute Gasteiger partial charge is 0.312 e. The lowest BCUT2D eigenvalue weighted by molar-refractivity contribution is -0.135. The number of rotatable bonds is 7. The Bertz CT molecular complexity index is 576. The first-order valence-corrected chi connectivity index (χ1v) is 7.37. The number of pyridine rings is 1. The molecular formula is C15H23N5O3. The van der Waals surface area contributed by atoms with E-state index in [1.165, 1.54) is 11.9 Å². The van der Waals surface area contributed by atoms with E-state index in [1.807, 2.05) is 19.9 Å². The monoisotopic (exact) mass is 321 g/mol. The summed E-state index contributed by atoms with van der Waals surface area (Å²) in [6.45, 7) is 3.63. The molecule has 0 radical (unpaired) electrons. The lowest BCUT2D eigenvalue weighted by Gasteiger charge is -2.23. The number of carbonyl (C=O) groups excluding carboxylic acids is 3. The zero-order valence-electron chi connectivity index (χ0n) is 13.6. The number of amides is 4. The Kier molecular flexibility index (Phi) is 6.98. The summed E-state index contributed by atoms with van der Waals surface area (Å²) in [6, 6.07) is 2.05. The van der Waals surface area contributed by atoms with Gasteiger partial charge in [-0.25, -0.2) is 9.78 Å². The molecule has 8 heteroatoms. The Hall–Kier alpha value is -2.64. The van der Waals surface area contributed by atoms with Crippen LogP contribution in [0.1, 0.15) is 25.3 Å². The number of carbonyl (C=O) groups is 3. The molecule has 0 aliphatic heterocycles. The second-order valence-corrected chi connectivity index (χ2v) is 5.31. The summed E-state index contributed by atoms with van der Waals surface area (Å²) < 4.78 is 0. The van der Waals surface area contributed by atoms with Crippen molar-refractivity contribution in [1.29, 1.82) is 0 Å². The summed E-state index contributed by atoms with van der Waals surface area (Å²) >= 11 is 0. The van der Waals surface area contributed by atoms with Crippen molar-refractivity contribution in [3.63, 3.8) is 0 Å². The number of primary amides is 1. The minimum absolute atomic E-state index is 0.144. The molecule has 8 nitrogen and oxygen atoms in total. The summed E-state index contributed by atoms with van der Waals surface area (Å²) in [4.78, 5) is 40.5. The van der Waals surface area contributed by atoms with E-state index in [0.29, 0.717) is 18.7 Å². The lowest BCUT2D eigenvalue weighted by atomic mass is 10.1. The van der Waals surface area contributed by atoms with Gasteiger partial charge >= 0.3 is 6.03 Å². The van der Waals surface area contributed by atoms with Gasteiger partial charge in [-0.3, -0.25) is 9.59 Å². The van der Waals surface area contributed by atoms with Crippen LogP contribution in [-0.2, 0) is 9.59 Å². The van der Waals surface area contributed by atoms with Gasteiger partial charge in [0.1, 0.15) is 11.9 Å². The molecular weight excluding hydrogens is 298 g/mol. The third-order valence-corrected chi connectivity index (χ3v) is 3.13. The second-order valence-electron chi connectivity index (χ2n) is 5.31. The summed E-state index contributed by atoms with van der Waals surface area (Å²) in [5.41, 5.74) is 6.04. The molecule has 0 saturated heterocycles. The number of nitrogens with one attached hydrogen (secondary N) is 2. The molecule has 1 rings (SSSR count). The van der Waals surface area contributed by atoms with Crippen molar-refractivity contribution >= 4 is 23.7 Å². The van der Waals surface area contributed by atoms with Gasteiger partial charge in [0.2, 0.25) is 11.8 Å². The molecule has 4 N–H and O–H groups in total. The fourth-order valence-corrected chi connectivity index (χ4v) is 2.06. The quantitative estimate of drug-likeness (QED) is 0.682. The zero-order chi connectivity index (χ0) is 17.4. The molecule has 1 atom stereocenters. The molecule has 126 valence electrons. The van der Waals surface area contributed by atoms with Crippen LogP contribution in [0.15, 0.2) is 18.3 Å². The number of aryl methyl sites for hydroxylation is 1. The first-order valence-electron chi connectivity index (χ1n) is 7.37. The first kappa shape index (κ1) is 18.4. The molecule has 0 aromatic carbocycles. The summed E-state index contributed by atoms with van der Waals surface area (Å²) in [5.74, 6) is -0.303. The van der Waals surface area contributed by atoms with Crippen molar-refractivity contribution in [3.05, 3.63) is 23.9 Å². The number of aromatic nitrogens is 1. The number of nitrogens with two attached hydrogens (primary N) is 1. The Labute approximate surface area is 135 Å². The molecule has 0 fully saturated rings. The van der Waals surface area contributed by atoms with Crippen molar-refractivity contribution < 1.29 is 14.4 Å². The van der Waals surface area contributed by atoms with Gasteiger partial charge in [0.15, 0.2) is 0 Å². The summed E-state index contributed by atoms with van der Waals surface area (Å²) in [6.07, 6.45) is 2.74. The lowest BCUT2D eigenvalue weighted by Crippen LogP contribution is -2.50. The number of likely N-dealkylation sites (N-methyl/N-ethyl adjacent to an activating group) is 1. The average molecular weight is 321 g/mol. The number of nitrogens with zero attached hydrogens (tertiary/aromatic N) is 2. The average Bonchev–Trinajstić information content (AvgIpc) is 2.45. The van der Waals surface area contributed by atoms with Crippen LogP contribution in [0.3, 0.4) is 0 Å². The number of urea groups is 1. The van der Waals surface area contributed by atoms with Crippen LogP contribution in [0.4, 0.5) is 10.6 Å². The Balaban J connectivity index is 2.61. The van der Waals surface area contributed by atoms with E-state index in [2.05, 4.69) is 15.6 Å². The third-order valence-electron chi connectivity index (χ3n) is 3.13. The number of anilines is 1. The van der Waals surface area contributed by atoms with Crippen LogP contribution in [0.25, 0.3) is 0 Å². The maximum atomic E-state index is 12.3. The van der Waals surface area contributed by atoms with Crippen LogP contribution in [0, 0.1) is 6.92 Å². The fraction of sp³-hybridized carbons (Fsp3) is 0.467. The normalized spacial score (nSPS) is 11.4. The highest BCUT2D eigenvalue weighted by molar-refractivity contribution is 5.95. The van der Waals surface area contributed by atoms with Crippen LogP contribution >= 0.6 is 0 Å². The molecule has 1 aromatic rings. The number of hydrogen-bond acceptors (Lipinski definition) is 4. The molecule has 1 aromatic heterocycles. The van der Waals surface area contributed by atoms with Gasteiger partial charge in [-0.15, -0.1) is 0 Å². The summed E-state index contributed by atoms with van der Waals surface area (Å²) in [5, 5.41) is 5.02. The third kappa shape index (κ3) is 6.33. The van der Waals surface area contributed by atoms with Crippen LogP contribution in [0.2, 0.25) is 0 Å². The molecule has 23 heavy (non-hydrogen) atoms. The van der Waals surface area contributed by atoms with E-state index < -0.39 is 12.1 Å². The van der Waals surface area contributed by atoms with E-state index >= 15 is 0 Å². The minimum Gasteiger partial charge on any atom is -0.352 e.